The lowest BCUT2D eigenvalue weighted by Gasteiger charge is -2.07. The van der Waals surface area contributed by atoms with Crippen LogP contribution in [-0.2, 0) is 4.74 Å². The first-order valence-corrected chi connectivity index (χ1v) is 5.46. The second-order valence-electron chi connectivity index (χ2n) is 3.05. The summed E-state index contributed by atoms with van der Waals surface area (Å²) in [6, 6.07) is 0. The SMILES string of the molecule is COCCCNc1c(Br)cncc1[N+](=O)[O-]. The first-order valence-electron chi connectivity index (χ1n) is 4.67. The molecule has 0 bridgehead atoms. The predicted molar refractivity (Wildman–Crippen MR) is 63.6 cm³/mol. The van der Waals surface area contributed by atoms with Gasteiger partial charge in [0.2, 0.25) is 0 Å². The number of nitrogens with one attached hydrogen (secondary N) is 1. The molecule has 0 radical (unpaired) electrons. The van der Waals surface area contributed by atoms with Gasteiger partial charge < -0.3 is 10.1 Å². The molecule has 7 heteroatoms. The maximum absolute atomic E-state index is 10.7. The van der Waals surface area contributed by atoms with Crippen LogP contribution in [0, 0.1) is 10.1 Å². The Labute approximate surface area is 101 Å². The van der Waals surface area contributed by atoms with Gasteiger partial charge in [0.05, 0.1) is 9.40 Å². The molecule has 1 aromatic rings. The summed E-state index contributed by atoms with van der Waals surface area (Å²) in [6.45, 7) is 1.22. The number of pyridine rings is 1. The topological polar surface area (TPSA) is 77.3 Å². The summed E-state index contributed by atoms with van der Waals surface area (Å²) in [4.78, 5) is 14.0. The third kappa shape index (κ3) is 3.42. The number of halogens is 1. The fourth-order valence-corrected chi connectivity index (χ4v) is 1.63. The van der Waals surface area contributed by atoms with E-state index in [1.165, 1.54) is 12.4 Å². The molecule has 0 fully saturated rings. The Balaban J connectivity index is 2.73. The number of rotatable bonds is 6. The molecule has 0 aliphatic rings. The van der Waals surface area contributed by atoms with Gasteiger partial charge in [0.1, 0.15) is 11.9 Å². The second kappa shape index (κ2) is 6.39. The summed E-state index contributed by atoms with van der Waals surface area (Å²) < 4.78 is 5.47. The summed E-state index contributed by atoms with van der Waals surface area (Å²) in [6.07, 6.45) is 3.53. The van der Waals surface area contributed by atoms with E-state index >= 15 is 0 Å². The highest BCUT2D eigenvalue weighted by Gasteiger charge is 2.16. The van der Waals surface area contributed by atoms with Crippen LogP contribution in [-0.4, -0.2) is 30.2 Å². The first-order chi connectivity index (χ1) is 7.66. The van der Waals surface area contributed by atoms with Crippen molar-refractivity contribution < 1.29 is 9.66 Å². The van der Waals surface area contributed by atoms with Crippen LogP contribution in [0.1, 0.15) is 6.42 Å². The number of nitro groups is 1. The zero-order valence-electron chi connectivity index (χ0n) is 8.77. The van der Waals surface area contributed by atoms with E-state index < -0.39 is 4.92 Å². The maximum atomic E-state index is 10.7. The number of hydrogen-bond donors (Lipinski definition) is 1. The van der Waals surface area contributed by atoms with Gasteiger partial charge in [0.25, 0.3) is 0 Å². The molecule has 0 saturated carbocycles. The minimum absolute atomic E-state index is 0.0354. The Morgan fingerprint density at radius 1 is 1.62 bits per heavy atom. The van der Waals surface area contributed by atoms with E-state index in [0.29, 0.717) is 23.3 Å². The number of anilines is 1. The Bertz CT molecular complexity index is 373. The standard InChI is InChI=1S/C9H12BrN3O3/c1-16-4-2-3-12-9-7(10)5-11-6-8(9)13(14)15/h5-6H,2-4H2,1H3,(H,11,12). The number of methoxy groups -OCH3 is 1. The van der Waals surface area contributed by atoms with E-state index in [4.69, 9.17) is 4.74 Å². The highest BCUT2D eigenvalue weighted by atomic mass is 79.9. The zero-order valence-corrected chi connectivity index (χ0v) is 10.4. The fraction of sp³-hybridized carbons (Fsp3) is 0.444. The lowest BCUT2D eigenvalue weighted by molar-refractivity contribution is -0.384. The first kappa shape index (κ1) is 12.9. The van der Waals surface area contributed by atoms with Crippen molar-refractivity contribution in [2.75, 3.05) is 25.6 Å². The van der Waals surface area contributed by atoms with Crippen LogP contribution in [0.15, 0.2) is 16.9 Å². The number of hydrogen-bond acceptors (Lipinski definition) is 5. The van der Waals surface area contributed by atoms with Crippen LogP contribution < -0.4 is 5.32 Å². The molecular formula is C9H12BrN3O3. The Hall–Kier alpha value is -1.21. The average molecular weight is 290 g/mol. The lowest BCUT2D eigenvalue weighted by Crippen LogP contribution is -2.07. The molecule has 0 unspecified atom stereocenters. The molecule has 6 nitrogen and oxygen atoms in total. The summed E-state index contributed by atoms with van der Waals surface area (Å²) in [5.74, 6) is 0. The quantitative estimate of drug-likeness (QED) is 0.493. The monoisotopic (exact) mass is 289 g/mol. The zero-order chi connectivity index (χ0) is 12.0. The van der Waals surface area contributed by atoms with E-state index in [1.807, 2.05) is 0 Å². The van der Waals surface area contributed by atoms with Crippen LogP contribution in [0.25, 0.3) is 0 Å². The minimum atomic E-state index is -0.462. The van der Waals surface area contributed by atoms with E-state index in [2.05, 4.69) is 26.2 Å². The van der Waals surface area contributed by atoms with Crippen molar-refractivity contribution in [2.45, 2.75) is 6.42 Å². The minimum Gasteiger partial charge on any atom is -0.385 e. The summed E-state index contributed by atoms with van der Waals surface area (Å²) >= 11 is 3.22. The van der Waals surface area contributed by atoms with Gasteiger partial charge in [0.15, 0.2) is 0 Å². The highest BCUT2D eigenvalue weighted by molar-refractivity contribution is 9.10. The van der Waals surface area contributed by atoms with Gasteiger partial charge in [0, 0.05) is 26.5 Å². The third-order valence-electron chi connectivity index (χ3n) is 1.90. The molecule has 1 heterocycles. The molecule has 1 aromatic heterocycles. The van der Waals surface area contributed by atoms with E-state index in [-0.39, 0.29) is 5.69 Å². The summed E-state index contributed by atoms with van der Waals surface area (Å²) in [5.41, 5.74) is 0.419. The fourth-order valence-electron chi connectivity index (χ4n) is 1.17. The largest absolute Gasteiger partial charge is 0.385 e. The number of ether oxygens (including phenoxy) is 1. The molecule has 0 spiro atoms. The summed E-state index contributed by atoms with van der Waals surface area (Å²) in [7, 11) is 1.62. The van der Waals surface area contributed by atoms with Crippen LogP contribution in [0.3, 0.4) is 0 Å². The second-order valence-corrected chi connectivity index (χ2v) is 3.90. The normalized spacial score (nSPS) is 10.1. The molecule has 1 N–H and O–H groups in total. The molecule has 0 aliphatic carbocycles. The van der Waals surface area contributed by atoms with Crippen molar-refractivity contribution in [3.63, 3.8) is 0 Å². The van der Waals surface area contributed by atoms with E-state index in [1.54, 1.807) is 7.11 Å². The molecule has 0 amide bonds. The van der Waals surface area contributed by atoms with Crippen molar-refractivity contribution >= 4 is 27.3 Å². The van der Waals surface area contributed by atoms with E-state index in [9.17, 15) is 10.1 Å². The Morgan fingerprint density at radius 3 is 3.00 bits per heavy atom. The number of nitrogens with zero attached hydrogens (tertiary/aromatic N) is 2. The van der Waals surface area contributed by atoms with Crippen molar-refractivity contribution in [3.05, 3.63) is 27.0 Å². The molecule has 16 heavy (non-hydrogen) atoms. The smallest absolute Gasteiger partial charge is 0.311 e. The van der Waals surface area contributed by atoms with Crippen LogP contribution in [0.5, 0.6) is 0 Å². The highest BCUT2D eigenvalue weighted by Crippen LogP contribution is 2.30. The van der Waals surface area contributed by atoms with Gasteiger partial charge in [-0.05, 0) is 22.4 Å². The maximum Gasteiger partial charge on any atom is 0.311 e. The van der Waals surface area contributed by atoms with Crippen molar-refractivity contribution in [2.24, 2.45) is 0 Å². The molecule has 0 aromatic carbocycles. The van der Waals surface area contributed by atoms with Crippen molar-refractivity contribution in [1.82, 2.24) is 4.98 Å². The molecule has 0 aliphatic heterocycles. The van der Waals surface area contributed by atoms with Gasteiger partial charge in [-0.1, -0.05) is 0 Å². The van der Waals surface area contributed by atoms with Crippen molar-refractivity contribution in [3.8, 4) is 0 Å². The molecule has 88 valence electrons. The Morgan fingerprint density at radius 2 is 2.38 bits per heavy atom. The van der Waals surface area contributed by atoms with E-state index in [0.717, 1.165) is 6.42 Å². The van der Waals surface area contributed by atoms with Gasteiger partial charge >= 0.3 is 5.69 Å². The van der Waals surface area contributed by atoms with Gasteiger partial charge in [-0.2, -0.15) is 0 Å². The van der Waals surface area contributed by atoms with Crippen molar-refractivity contribution in [1.29, 1.82) is 0 Å². The molecule has 1 rings (SSSR count). The molecule has 0 atom stereocenters. The van der Waals surface area contributed by atoms with Crippen LogP contribution >= 0.6 is 15.9 Å². The third-order valence-corrected chi connectivity index (χ3v) is 2.50. The number of aromatic nitrogens is 1. The van der Waals surface area contributed by atoms with Gasteiger partial charge in [-0.25, -0.2) is 0 Å². The van der Waals surface area contributed by atoms with Crippen LogP contribution in [0.4, 0.5) is 11.4 Å². The molecule has 0 saturated heterocycles. The predicted octanol–water partition coefficient (Wildman–Crippen LogP) is 2.20. The Kier molecular flexibility index (Phi) is 5.13. The van der Waals surface area contributed by atoms with Gasteiger partial charge in [-0.3, -0.25) is 15.1 Å². The summed E-state index contributed by atoms with van der Waals surface area (Å²) in [5, 5.41) is 13.7. The molecular weight excluding hydrogens is 278 g/mol. The average Bonchev–Trinajstić information content (AvgIpc) is 2.25. The lowest BCUT2D eigenvalue weighted by atomic mass is 10.3. The van der Waals surface area contributed by atoms with Gasteiger partial charge in [-0.15, -0.1) is 0 Å². The van der Waals surface area contributed by atoms with Crippen LogP contribution in [0.2, 0.25) is 0 Å².